The second kappa shape index (κ2) is 4.67. The Hall–Kier alpha value is -0.450. The topological polar surface area (TPSA) is 42.1 Å². The van der Waals surface area contributed by atoms with Gasteiger partial charge in [-0.05, 0) is 25.7 Å². The Kier molecular flexibility index (Phi) is 3.19. The highest BCUT2D eigenvalue weighted by Crippen LogP contribution is 2.36. The molecule has 3 heterocycles. The normalized spacial score (nSPS) is 35.1. The molecule has 0 aliphatic carbocycles. The quantitative estimate of drug-likeness (QED) is 0.895. The predicted molar refractivity (Wildman–Crippen MR) is 71.3 cm³/mol. The molecule has 1 aromatic heterocycles. The van der Waals surface area contributed by atoms with Crippen molar-refractivity contribution in [1.29, 1.82) is 0 Å². The maximum absolute atomic E-state index is 6.11. The van der Waals surface area contributed by atoms with Crippen molar-refractivity contribution in [2.75, 3.05) is 6.54 Å². The van der Waals surface area contributed by atoms with Gasteiger partial charge in [-0.1, -0.05) is 6.92 Å². The van der Waals surface area contributed by atoms with Crippen LogP contribution >= 0.6 is 11.3 Å². The first-order valence-electron chi connectivity index (χ1n) is 6.64. The second-order valence-electron chi connectivity index (χ2n) is 5.58. The van der Waals surface area contributed by atoms with E-state index in [1.165, 1.54) is 30.7 Å². The Labute approximate surface area is 107 Å². The molecule has 17 heavy (non-hydrogen) atoms. The molecule has 2 aliphatic heterocycles. The smallest absolute Gasteiger partial charge is 0.0965 e. The summed E-state index contributed by atoms with van der Waals surface area (Å²) in [6.45, 7) is 3.46. The molecule has 2 bridgehead atoms. The summed E-state index contributed by atoms with van der Waals surface area (Å²) in [7, 11) is 0. The molecular formula is C13H21N3S. The Morgan fingerprint density at radius 3 is 2.76 bits per heavy atom. The molecule has 0 saturated carbocycles. The minimum Gasteiger partial charge on any atom is -0.328 e. The fourth-order valence-corrected chi connectivity index (χ4v) is 4.18. The van der Waals surface area contributed by atoms with Crippen LogP contribution in [-0.2, 0) is 0 Å². The van der Waals surface area contributed by atoms with Crippen LogP contribution < -0.4 is 5.73 Å². The Morgan fingerprint density at radius 2 is 2.18 bits per heavy atom. The third-order valence-electron chi connectivity index (χ3n) is 4.28. The minimum atomic E-state index is 0.443. The summed E-state index contributed by atoms with van der Waals surface area (Å²) in [5, 5.41) is 3.35. The van der Waals surface area contributed by atoms with Gasteiger partial charge in [0.1, 0.15) is 0 Å². The second-order valence-corrected chi connectivity index (χ2v) is 6.51. The van der Waals surface area contributed by atoms with Gasteiger partial charge in [-0.3, -0.25) is 4.90 Å². The van der Waals surface area contributed by atoms with Crippen LogP contribution in [0, 0.1) is 0 Å². The number of aromatic nitrogens is 1. The van der Waals surface area contributed by atoms with E-state index < -0.39 is 0 Å². The van der Waals surface area contributed by atoms with Crippen molar-refractivity contribution in [3.63, 3.8) is 0 Å². The van der Waals surface area contributed by atoms with Gasteiger partial charge < -0.3 is 5.73 Å². The maximum Gasteiger partial charge on any atom is 0.0965 e. The largest absolute Gasteiger partial charge is 0.328 e. The molecule has 2 N–H and O–H groups in total. The van der Waals surface area contributed by atoms with Gasteiger partial charge in [-0.25, -0.2) is 4.98 Å². The first kappa shape index (κ1) is 11.6. The number of hydrogen-bond donors (Lipinski definition) is 1. The molecule has 3 atom stereocenters. The molecule has 94 valence electrons. The van der Waals surface area contributed by atoms with E-state index in [1.54, 1.807) is 11.3 Å². The lowest BCUT2D eigenvalue weighted by atomic mass is 9.97. The zero-order valence-corrected chi connectivity index (χ0v) is 11.2. The van der Waals surface area contributed by atoms with Gasteiger partial charge in [0.2, 0.25) is 0 Å². The molecule has 3 nitrogen and oxygen atoms in total. The van der Waals surface area contributed by atoms with E-state index in [0.717, 1.165) is 18.6 Å². The minimum absolute atomic E-state index is 0.443. The van der Waals surface area contributed by atoms with E-state index in [2.05, 4.69) is 22.2 Å². The molecule has 0 spiro atoms. The summed E-state index contributed by atoms with van der Waals surface area (Å²) in [4.78, 5) is 7.14. The average molecular weight is 251 g/mol. The first-order valence-corrected chi connectivity index (χ1v) is 7.52. The van der Waals surface area contributed by atoms with Crippen LogP contribution in [0.3, 0.4) is 0 Å². The Bertz CT molecular complexity index is 351. The van der Waals surface area contributed by atoms with E-state index in [-0.39, 0.29) is 0 Å². The van der Waals surface area contributed by atoms with Crippen LogP contribution in [0.25, 0.3) is 0 Å². The van der Waals surface area contributed by atoms with Gasteiger partial charge in [-0.2, -0.15) is 0 Å². The molecule has 3 unspecified atom stereocenters. The molecule has 0 aromatic carbocycles. The van der Waals surface area contributed by atoms with Crippen molar-refractivity contribution < 1.29 is 0 Å². The predicted octanol–water partition coefficient (Wildman–Crippen LogP) is 2.20. The van der Waals surface area contributed by atoms with Crippen LogP contribution in [0.2, 0.25) is 0 Å². The SMILES string of the molecule is CC(CN1C2CCC1CC(N)C2)c1nccs1. The fourth-order valence-electron chi connectivity index (χ4n) is 3.49. The number of nitrogens with zero attached hydrogens (tertiary/aromatic N) is 2. The molecular weight excluding hydrogens is 230 g/mol. The van der Waals surface area contributed by atoms with E-state index in [1.807, 2.05) is 6.20 Å². The highest BCUT2D eigenvalue weighted by Gasteiger charge is 2.39. The van der Waals surface area contributed by atoms with Gasteiger partial charge in [-0.15, -0.1) is 11.3 Å². The van der Waals surface area contributed by atoms with E-state index in [0.29, 0.717) is 12.0 Å². The third kappa shape index (κ3) is 2.26. The molecule has 2 aliphatic rings. The Balaban J connectivity index is 1.66. The fraction of sp³-hybridized carbons (Fsp3) is 0.769. The zero-order valence-electron chi connectivity index (χ0n) is 10.4. The highest BCUT2D eigenvalue weighted by molar-refractivity contribution is 7.09. The molecule has 0 amide bonds. The van der Waals surface area contributed by atoms with Crippen molar-refractivity contribution in [2.24, 2.45) is 5.73 Å². The third-order valence-corrected chi connectivity index (χ3v) is 5.29. The lowest BCUT2D eigenvalue weighted by Gasteiger charge is -2.38. The van der Waals surface area contributed by atoms with E-state index in [9.17, 15) is 0 Å². The molecule has 2 fully saturated rings. The maximum atomic E-state index is 6.11. The number of rotatable bonds is 3. The van der Waals surface area contributed by atoms with Gasteiger partial charge in [0, 0.05) is 42.2 Å². The summed E-state index contributed by atoms with van der Waals surface area (Å²) in [5.41, 5.74) is 6.11. The van der Waals surface area contributed by atoms with Crippen LogP contribution in [0.1, 0.15) is 43.5 Å². The van der Waals surface area contributed by atoms with Crippen molar-refractivity contribution in [3.8, 4) is 0 Å². The van der Waals surface area contributed by atoms with Crippen molar-refractivity contribution in [2.45, 2.75) is 56.7 Å². The molecule has 3 rings (SSSR count). The summed E-state index contributed by atoms with van der Waals surface area (Å²) >= 11 is 1.78. The van der Waals surface area contributed by atoms with Crippen LogP contribution in [0.5, 0.6) is 0 Å². The molecule has 4 heteroatoms. The summed E-state index contributed by atoms with van der Waals surface area (Å²) in [6.07, 6.45) is 7.01. The summed E-state index contributed by atoms with van der Waals surface area (Å²) < 4.78 is 0. The van der Waals surface area contributed by atoms with E-state index >= 15 is 0 Å². The molecule has 0 radical (unpaired) electrons. The van der Waals surface area contributed by atoms with Crippen molar-refractivity contribution in [3.05, 3.63) is 16.6 Å². The standard InChI is InChI=1S/C13H21N3S/c1-9(13-15-4-5-17-13)8-16-11-2-3-12(16)7-10(14)6-11/h4-5,9-12H,2-3,6-8,14H2,1H3. The van der Waals surface area contributed by atoms with Gasteiger partial charge in [0.15, 0.2) is 0 Å². The van der Waals surface area contributed by atoms with Gasteiger partial charge >= 0.3 is 0 Å². The van der Waals surface area contributed by atoms with Crippen LogP contribution in [-0.4, -0.2) is 34.6 Å². The lowest BCUT2D eigenvalue weighted by Crippen LogP contribution is -2.48. The van der Waals surface area contributed by atoms with Gasteiger partial charge in [0.05, 0.1) is 5.01 Å². The van der Waals surface area contributed by atoms with Crippen molar-refractivity contribution in [1.82, 2.24) is 9.88 Å². The van der Waals surface area contributed by atoms with Crippen LogP contribution in [0.15, 0.2) is 11.6 Å². The number of thiazole rings is 1. The zero-order chi connectivity index (χ0) is 11.8. The van der Waals surface area contributed by atoms with Gasteiger partial charge in [0.25, 0.3) is 0 Å². The van der Waals surface area contributed by atoms with Crippen molar-refractivity contribution >= 4 is 11.3 Å². The number of piperidine rings is 1. The number of nitrogens with two attached hydrogens (primary N) is 1. The van der Waals surface area contributed by atoms with E-state index in [4.69, 9.17) is 5.73 Å². The first-order chi connectivity index (χ1) is 8.24. The average Bonchev–Trinajstić information content (AvgIpc) is 2.88. The summed E-state index contributed by atoms with van der Waals surface area (Å²) in [5.74, 6) is 0.562. The number of hydrogen-bond acceptors (Lipinski definition) is 4. The Morgan fingerprint density at radius 1 is 1.47 bits per heavy atom. The molecule has 2 saturated heterocycles. The number of fused-ring (bicyclic) bond motifs is 2. The highest BCUT2D eigenvalue weighted by atomic mass is 32.1. The van der Waals surface area contributed by atoms with Crippen LogP contribution in [0.4, 0.5) is 0 Å². The summed E-state index contributed by atoms with van der Waals surface area (Å²) in [6, 6.07) is 1.93. The molecule has 1 aromatic rings. The lowest BCUT2D eigenvalue weighted by molar-refractivity contribution is 0.121. The monoisotopic (exact) mass is 251 g/mol.